The third-order valence-electron chi connectivity index (χ3n) is 3.38. The van der Waals surface area contributed by atoms with Gasteiger partial charge in [0, 0.05) is 10.3 Å². The van der Waals surface area contributed by atoms with Crippen LogP contribution in [0.1, 0.15) is 11.3 Å². The zero-order valence-electron chi connectivity index (χ0n) is 13.2. The molecule has 0 aliphatic heterocycles. The van der Waals surface area contributed by atoms with Crippen LogP contribution in [0, 0.1) is 0 Å². The Bertz CT molecular complexity index is 671. The molecule has 0 radical (unpaired) electrons. The van der Waals surface area contributed by atoms with Gasteiger partial charge in [-0.05, 0) is 56.4 Å². The first kappa shape index (κ1) is 16.5. The zero-order chi connectivity index (χ0) is 15.8. The molecule has 2 nitrogen and oxygen atoms in total. The fourth-order valence-corrected chi connectivity index (χ4v) is 2.98. The Labute approximate surface area is 136 Å². The first-order valence-electron chi connectivity index (χ1n) is 7.50. The number of hydrogen-bond donors (Lipinski definition) is 1. The number of aromatic hydroxyl groups is 1. The molecule has 3 aromatic rings. The molecular weight excluding hydrogens is 290 g/mol. The summed E-state index contributed by atoms with van der Waals surface area (Å²) in [5.74, 6) is 0.350. The summed E-state index contributed by atoms with van der Waals surface area (Å²) < 4.78 is 0. The highest BCUT2D eigenvalue weighted by atomic mass is 32.1. The molecule has 0 aliphatic carbocycles. The highest BCUT2D eigenvalue weighted by molar-refractivity contribution is 7.09. The summed E-state index contributed by atoms with van der Waals surface area (Å²) in [5.41, 5.74) is 0. The Kier molecular flexibility index (Phi) is 6.44. The summed E-state index contributed by atoms with van der Waals surface area (Å²) in [5, 5.41) is 13.5. The van der Waals surface area contributed by atoms with Crippen molar-refractivity contribution < 1.29 is 5.11 Å². The monoisotopic (exact) mass is 313 g/mol. The van der Waals surface area contributed by atoms with Crippen molar-refractivity contribution in [3.63, 3.8) is 0 Å². The van der Waals surface area contributed by atoms with Gasteiger partial charge in [0.2, 0.25) is 0 Å². The van der Waals surface area contributed by atoms with Gasteiger partial charge in [-0.2, -0.15) is 0 Å². The lowest BCUT2D eigenvalue weighted by Crippen LogP contribution is -2.13. The van der Waals surface area contributed by atoms with Gasteiger partial charge < -0.3 is 10.0 Å². The molecule has 116 valence electrons. The number of aryl methyl sites for hydroxylation is 1. The molecule has 0 unspecified atom stereocenters. The predicted molar refractivity (Wildman–Crippen MR) is 96.8 cm³/mol. The maximum absolute atomic E-state index is 9.37. The Morgan fingerprint density at radius 3 is 2.41 bits per heavy atom. The van der Waals surface area contributed by atoms with E-state index in [9.17, 15) is 5.11 Å². The molecule has 0 fully saturated rings. The van der Waals surface area contributed by atoms with Gasteiger partial charge in [0.1, 0.15) is 5.75 Å². The van der Waals surface area contributed by atoms with E-state index in [0.29, 0.717) is 5.75 Å². The summed E-state index contributed by atoms with van der Waals surface area (Å²) in [6, 6.07) is 17.6. The highest BCUT2D eigenvalue weighted by Gasteiger charge is 1.95. The van der Waals surface area contributed by atoms with Gasteiger partial charge in [0.05, 0.1) is 0 Å². The van der Waals surface area contributed by atoms with Crippen LogP contribution in [0.15, 0.2) is 60.0 Å². The number of phenolic OH excluding ortho intramolecular Hbond substituents is 1. The van der Waals surface area contributed by atoms with Crippen molar-refractivity contribution in [2.24, 2.45) is 0 Å². The quantitative estimate of drug-likeness (QED) is 0.748. The standard InChI is InChI=1S/C10H8O.C9H15NS/c11-10-7-3-5-8-4-1-2-6-9(8)10;1-10(2)7-3-5-9-6-4-8-11-9/h1-7,11H;4,6,8H,3,5,7H2,1-2H3. The lowest BCUT2D eigenvalue weighted by molar-refractivity contribution is 0.401. The van der Waals surface area contributed by atoms with Crippen molar-refractivity contribution in [1.82, 2.24) is 4.90 Å². The second-order valence-electron chi connectivity index (χ2n) is 5.48. The minimum Gasteiger partial charge on any atom is -0.507 e. The minimum atomic E-state index is 0.350. The van der Waals surface area contributed by atoms with Crippen molar-refractivity contribution in [3.8, 4) is 5.75 Å². The van der Waals surface area contributed by atoms with Crippen LogP contribution in [0.5, 0.6) is 5.75 Å². The van der Waals surface area contributed by atoms with E-state index in [4.69, 9.17) is 0 Å². The Hall–Kier alpha value is -1.84. The molecule has 0 amide bonds. The van der Waals surface area contributed by atoms with Gasteiger partial charge in [0.15, 0.2) is 0 Å². The Balaban J connectivity index is 0.000000160. The molecule has 0 atom stereocenters. The van der Waals surface area contributed by atoms with Crippen molar-refractivity contribution in [1.29, 1.82) is 0 Å². The first-order valence-corrected chi connectivity index (χ1v) is 8.38. The van der Waals surface area contributed by atoms with E-state index in [1.165, 1.54) is 24.3 Å². The molecule has 1 N–H and O–H groups in total. The fourth-order valence-electron chi connectivity index (χ4n) is 2.23. The van der Waals surface area contributed by atoms with Crippen LogP contribution in [-0.4, -0.2) is 30.6 Å². The summed E-state index contributed by atoms with van der Waals surface area (Å²) in [6.07, 6.45) is 2.50. The number of rotatable bonds is 4. The highest BCUT2D eigenvalue weighted by Crippen LogP contribution is 2.22. The summed E-state index contributed by atoms with van der Waals surface area (Å²) in [7, 11) is 4.24. The largest absolute Gasteiger partial charge is 0.507 e. The van der Waals surface area contributed by atoms with E-state index in [-0.39, 0.29) is 0 Å². The molecule has 0 spiro atoms. The second kappa shape index (κ2) is 8.57. The zero-order valence-corrected chi connectivity index (χ0v) is 14.0. The first-order chi connectivity index (χ1) is 10.7. The van der Waals surface area contributed by atoms with Crippen molar-refractivity contribution in [2.75, 3.05) is 20.6 Å². The van der Waals surface area contributed by atoms with Crippen LogP contribution in [0.3, 0.4) is 0 Å². The molecular formula is C19H23NOS. The van der Waals surface area contributed by atoms with Gasteiger partial charge in [-0.1, -0.05) is 42.5 Å². The minimum absolute atomic E-state index is 0.350. The van der Waals surface area contributed by atoms with Crippen molar-refractivity contribution in [3.05, 3.63) is 64.9 Å². The third kappa shape index (κ3) is 5.17. The molecule has 0 saturated heterocycles. The average Bonchev–Trinajstić information content (AvgIpc) is 3.01. The van der Waals surface area contributed by atoms with Crippen LogP contribution in [0.2, 0.25) is 0 Å². The van der Waals surface area contributed by atoms with Crippen LogP contribution < -0.4 is 0 Å². The molecule has 3 rings (SSSR count). The van der Waals surface area contributed by atoms with Crippen LogP contribution in [-0.2, 0) is 6.42 Å². The van der Waals surface area contributed by atoms with E-state index < -0.39 is 0 Å². The summed E-state index contributed by atoms with van der Waals surface area (Å²) in [4.78, 5) is 3.74. The number of phenols is 1. The molecule has 3 heteroatoms. The second-order valence-corrected chi connectivity index (χ2v) is 6.52. The average molecular weight is 313 g/mol. The van der Waals surface area contributed by atoms with Crippen molar-refractivity contribution in [2.45, 2.75) is 12.8 Å². The van der Waals surface area contributed by atoms with Gasteiger partial charge >= 0.3 is 0 Å². The van der Waals surface area contributed by atoms with Gasteiger partial charge in [0.25, 0.3) is 0 Å². The number of thiophene rings is 1. The topological polar surface area (TPSA) is 23.5 Å². The Morgan fingerprint density at radius 2 is 1.73 bits per heavy atom. The molecule has 0 bridgehead atoms. The lowest BCUT2D eigenvalue weighted by atomic mass is 10.1. The van der Waals surface area contributed by atoms with E-state index in [1.54, 1.807) is 6.07 Å². The van der Waals surface area contributed by atoms with Crippen LogP contribution >= 0.6 is 11.3 Å². The van der Waals surface area contributed by atoms with E-state index in [2.05, 4.69) is 36.5 Å². The molecule has 1 heterocycles. The lowest BCUT2D eigenvalue weighted by Gasteiger charge is -2.07. The van der Waals surface area contributed by atoms with Gasteiger partial charge in [-0.3, -0.25) is 0 Å². The Morgan fingerprint density at radius 1 is 0.955 bits per heavy atom. The van der Waals surface area contributed by atoms with E-state index in [1.807, 2.05) is 47.7 Å². The fraction of sp³-hybridized carbons (Fsp3) is 0.263. The SMILES string of the molecule is CN(C)CCCc1cccs1.Oc1cccc2ccccc12. The number of hydrogen-bond acceptors (Lipinski definition) is 3. The summed E-state index contributed by atoms with van der Waals surface area (Å²) in [6.45, 7) is 1.19. The normalized spacial score (nSPS) is 10.5. The number of fused-ring (bicyclic) bond motifs is 1. The number of nitrogens with zero attached hydrogens (tertiary/aromatic N) is 1. The molecule has 0 saturated carbocycles. The molecule has 22 heavy (non-hydrogen) atoms. The maximum Gasteiger partial charge on any atom is 0.123 e. The van der Waals surface area contributed by atoms with Gasteiger partial charge in [-0.15, -0.1) is 11.3 Å². The third-order valence-corrected chi connectivity index (χ3v) is 4.31. The van der Waals surface area contributed by atoms with E-state index in [0.717, 1.165) is 10.8 Å². The summed E-state index contributed by atoms with van der Waals surface area (Å²) >= 11 is 1.86. The molecule has 2 aromatic carbocycles. The van der Waals surface area contributed by atoms with Crippen molar-refractivity contribution >= 4 is 22.1 Å². The maximum atomic E-state index is 9.37. The molecule has 0 aliphatic rings. The van der Waals surface area contributed by atoms with Gasteiger partial charge in [-0.25, -0.2) is 0 Å². The number of benzene rings is 2. The van der Waals surface area contributed by atoms with E-state index >= 15 is 0 Å². The van der Waals surface area contributed by atoms with Crippen LogP contribution in [0.25, 0.3) is 10.8 Å². The smallest absolute Gasteiger partial charge is 0.123 e. The predicted octanol–water partition coefficient (Wildman–Crippen LogP) is 4.79. The van der Waals surface area contributed by atoms with Crippen LogP contribution in [0.4, 0.5) is 0 Å². The molecule has 1 aromatic heterocycles.